The minimum atomic E-state index is -0.177. The van der Waals surface area contributed by atoms with Crippen LogP contribution in [-0.4, -0.2) is 21.9 Å². The fraction of sp³-hybridized carbons (Fsp3) is 0.250. The van der Waals surface area contributed by atoms with Crippen LogP contribution in [0.25, 0.3) is 11.0 Å². The second kappa shape index (κ2) is 4.66. The lowest BCUT2D eigenvalue weighted by Gasteiger charge is -2.09. The first-order chi connectivity index (χ1) is 8.20. The van der Waals surface area contributed by atoms with E-state index in [1.54, 1.807) is 31.5 Å². The van der Waals surface area contributed by atoms with Crippen molar-refractivity contribution in [2.75, 3.05) is 0 Å². The van der Waals surface area contributed by atoms with Crippen molar-refractivity contribution in [2.45, 2.75) is 19.4 Å². The summed E-state index contributed by atoms with van der Waals surface area (Å²) in [6, 6.07) is 7.12. The molecule has 2 rings (SSSR count). The number of carbonyl (C=O) groups excluding carboxylic acids is 1. The Balaban J connectivity index is 2.16. The molecule has 0 aliphatic rings. The largest absolute Gasteiger partial charge is 0.349 e. The predicted octanol–water partition coefficient (Wildman–Crippen LogP) is 1.59. The quantitative estimate of drug-likeness (QED) is 0.837. The molecule has 1 aromatic carbocycles. The van der Waals surface area contributed by atoms with Crippen LogP contribution < -0.4 is 5.32 Å². The Morgan fingerprint density at radius 1 is 1.65 bits per heavy atom. The van der Waals surface area contributed by atoms with Crippen molar-refractivity contribution in [1.82, 2.24) is 15.3 Å². The van der Waals surface area contributed by atoms with Gasteiger partial charge in [0, 0.05) is 11.6 Å². The molecule has 1 unspecified atom stereocenters. The van der Waals surface area contributed by atoms with E-state index in [1.807, 2.05) is 6.07 Å². The first-order valence-corrected chi connectivity index (χ1v) is 5.31. The molecule has 0 aliphatic carbocycles. The number of H-pyrrole nitrogens is 1. The van der Waals surface area contributed by atoms with Gasteiger partial charge in [0.05, 0.1) is 29.9 Å². The highest BCUT2D eigenvalue weighted by Gasteiger charge is 2.10. The Labute approximate surface area is 98.5 Å². The Morgan fingerprint density at radius 2 is 2.47 bits per heavy atom. The fourth-order valence-corrected chi connectivity index (χ4v) is 1.57. The number of rotatable bonds is 3. The number of imidazole rings is 1. The normalized spacial score (nSPS) is 12.0. The number of nitriles is 1. The second-order valence-corrected chi connectivity index (χ2v) is 3.87. The smallest absolute Gasteiger partial charge is 0.251 e. The summed E-state index contributed by atoms with van der Waals surface area (Å²) in [5.41, 5.74) is 2.21. The molecule has 2 aromatic rings. The SMILES string of the molecule is CC(CC#N)NC(=O)c1ccc2nc[nH]c2c1. The van der Waals surface area contributed by atoms with Crippen LogP contribution in [0.4, 0.5) is 0 Å². The predicted molar refractivity (Wildman–Crippen MR) is 63.3 cm³/mol. The van der Waals surface area contributed by atoms with Gasteiger partial charge in [0.25, 0.3) is 5.91 Å². The highest BCUT2D eigenvalue weighted by Crippen LogP contribution is 2.11. The number of fused-ring (bicyclic) bond motifs is 1. The van der Waals surface area contributed by atoms with Crippen LogP contribution >= 0.6 is 0 Å². The van der Waals surface area contributed by atoms with E-state index in [1.165, 1.54) is 0 Å². The first-order valence-electron chi connectivity index (χ1n) is 5.31. The number of aromatic amines is 1. The summed E-state index contributed by atoms with van der Waals surface area (Å²) < 4.78 is 0. The van der Waals surface area contributed by atoms with Crippen molar-refractivity contribution in [2.24, 2.45) is 0 Å². The van der Waals surface area contributed by atoms with Crippen molar-refractivity contribution < 1.29 is 4.79 Å². The van der Waals surface area contributed by atoms with E-state index in [0.717, 1.165) is 11.0 Å². The highest BCUT2D eigenvalue weighted by molar-refractivity contribution is 5.97. The van der Waals surface area contributed by atoms with E-state index in [9.17, 15) is 4.79 Å². The van der Waals surface area contributed by atoms with E-state index < -0.39 is 0 Å². The molecule has 1 atom stereocenters. The zero-order valence-corrected chi connectivity index (χ0v) is 9.40. The Bertz CT molecular complexity index is 581. The molecule has 2 N–H and O–H groups in total. The Hall–Kier alpha value is -2.35. The van der Waals surface area contributed by atoms with Crippen molar-refractivity contribution >= 4 is 16.9 Å². The molecule has 1 aromatic heterocycles. The number of aromatic nitrogens is 2. The van der Waals surface area contributed by atoms with Crippen LogP contribution in [0.15, 0.2) is 24.5 Å². The lowest BCUT2D eigenvalue weighted by molar-refractivity contribution is 0.0941. The summed E-state index contributed by atoms with van der Waals surface area (Å²) in [5, 5.41) is 11.3. The van der Waals surface area contributed by atoms with Crippen LogP contribution in [0, 0.1) is 11.3 Å². The zero-order valence-electron chi connectivity index (χ0n) is 9.40. The van der Waals surface area contributed by atoms with Crippen LogP contribution in [0.1, 0.15) is 23.7 Å². The molecule has 17 heavy (non-hydrogen) atoms. The standard InChI is InChI=1S/C12H12N4O/c1-8(4-5-13)16-12(17)9-2-3-10-11(6-9)15-7-14-10/h2-3,6-8H,4H2,1H3,(H,14,15)(H,16,17). The molecule has 0 fully saturated rings. The summed E-state index contributed by atoms with van der Waals surface area (Å²) in [7, 11) is 0. The van der Waals surface area contributed by atoms with E-state index in [4.69, 9.17) is 5.26 Å². The topological polar surface area (TPSA) is 81.6 Å². The second-order valence-electron chi connectivity index (χ2n) is 3.87. The third-order valence-corrected chi connectivity index (χ3v) is 2.46. The number of benzene rings is 1. The van der Waals surface area contributed by atoms with Gasteiger partial charge in [-0.15, -0.1) is 0 Å². The van der Waals surface area contributed by atoms with Gasteiger partial charge in [0.2, 0.25) is 0 Å². The molecule has 0 saturated carbocycles. The average Bonchev–Trinajstić information content (AvgIpc) is 2.75. The fourth-order valence-electron chi connectivity index (χ4n) is 1.57. The molecule has 0 aliphatic heterocycles. The van der Waals surface area contributed by atoms with Crippen molar-refractivity contribution in [1.29, 1.82) is 5.26 Å². The minimum absolute atomic E-state index is 0.148. The highest BCUT2D eigenvalue weighted by atomic mass is 16.1. The third kappa shape index (κ3) is 2.42. The molecule has 0 saturated heterocycles. The van der Waals surface area contributed by atoms with Gasteiger partial charge >= 0.3 is 0 Å². The average molecular weight is 228 g/mol. The van der Waals surface area contributed by atoms with Gasteiger partial charge in [-0.25, -0.2) is 4.98 Å². The zero-order chi connectivity index (χ0) is 12.3. The van der Waals surface area contributed by atoms with Gasteiger partial charge in [-0.1, -0.05) is 0 Å². The summed E-state index contributed by atoms with van der Waals surface area (Å²) in [5.74, 6) is -0.177. The maximum atomic E-state index is 11.8. The molecule has 86 valence electrons. The van der Waals surface area contributed by atoms with Crippen LogP contribution in [0.2, 0.25) is 0 Å². The number of carbonyl (C=O) groups is 1. The molecular weight excluding hydrogens is 216 g/mol. The molecule has 5 heteroatoms. The van der Waals surface area contributed by atoms with Crippen LogP contribution in [0.5, 0.6) is 0 Å². The monoisotopic (exact) mass is 228 g/mol. The number of nitrogens with one attached hydrogen (secondary N) is 2. The van der Waals surface area contributed by atoms with Gasteiger partial charge in [-0.3, -0.25) is 4.79 Å². The van der Waals surface area contributed by atoms with Gasteiger partial charge in [0.15, 0.2) is 0 Å². The number of nitrogens with zero attached hydrogens (tertiary/aromatic N) is 2. The van der Waals surface area contributed by atoms with E-state index in [0.29, 0.717) is 12.0 Å². The van der Waals surface area contributed by atoms with E-state index in [2.05, 4.69) is 15.3 Å². The van der Waals surface area contributed by atoms with E-state index in [-0.39, 0.29) is 11.9 Å². The molecular formula is C12H12N4O. The minimum Gasteiger partial charge on any atom is -0.349 e. The Kier molecular flexibility index (Phi) is 3.06. The molecule has 1 heterocycles. The Morgan fingerprint density at radius 3 is 3.24 bits per heavy atom. The number of hydrogen-bond acceptors (Lipinski definition) is 3. The summed E-state index contributed by atoms with van der Waals surface area (Å²) in [6.07, 6.45) is 1.89. The third-order valence-electron chi connectivity index (χ3n) is 2.46. The molecule has 0 radical (unpaired) electrons. The first kappa shape index (κ1) is 11.1. The summed E-state index contributed by atoms with van der Waals surface area (Å²) >= 11 is 0. The van der Waals surface area contributed by atoms with Gasteiger partial charge in [0.1, 0.15) is 0 Å². The molecule has 0 spiro atoms. The summed E-state index contributed by atoms with van der Waals surface area (Å²) in [4.78, 5) is 18.9. The van der Waals surface area contributed by atoms with Crippen LogP contribution in [0.3, 0.4) is 0 Å². The van der Waals surface area contributed by atoms with Crippen molar-refractivity contribution in [3.05, 3.63) is 30.1 Å². The maximum absolute atomic E-state index is 11.8. The lowest BCUT2D eigenvalue weighted by Crippen LogP contribution is -2.32. The number of hydrogen-bond donors (Lipinski definition) is 2. The van der Waals surface area contributed by atoms with Gasteiger partial charge < -0.3 is 10.3 Å². The summed E-state index contributed by atoms with van der Waals surface area (Å²) in [6.45, 7) is 1.80. The van der Waals surface area contributed by atoms with Gasteiger partial charge in [-0.05, 0) is 25.1 Å². The maximum Gasteiger partial charge on any atom is 0.251 e. The van der Waals surface area contributed by atoms with Crippen molar-refractivity contribution in [3.8, 4) is 6.07 Å². The van der Waals surface area contributed by atoms with Crippen LogP contribution in [-0.2, 0) is 0 Å². The van der Waals surface area contributed by atoms with Gasteiger partial charge in [-0.2, -0.15) is 5.26 Å². The van der Waals surface area contributed by atoms with Crippen molar-refractivity contribution in [3.63, 3.8) is 0 Å². The number of amides is 1. The molecule has 1 amide bonds. The lowest BCUT2D eigenvalue weighted by atomic mass is 10.1. The molecule has 0 bridgehead atoms. The van der Waals surface area contributed by atoms with E-state index >= 15 is 0 Å². The molecule has 5 nitrogen and oxygen atoms in total.